The summed E-state index contributed by atoms with van der Waals surface area (Å²) in [7, 11) is 0. The van der Waals surface area contributed by atoms with Crippen LogP contribution in [0.25, 0.3) is 0 Å². The Hall–Kier alpha value is -3.28. The molecule has 1 aromatic heterocycles. The predicted molar refractivity (Wildman–Crippen MR) is 104 cm³/mol. The molecule has 3 rings (SSSR count). The minimum Gasteiger partial charge on any atom is -0.366 e. The van der Waals surface area contributed by atoms with Gasteiger partial charge in [0.15, 0.2) is 0 Å². The van der Waals surface area contributed by atoms with Crippen molar-refractivity contribution in [2.45, 2.75) is 26.8 Å². The van der Waals surface area contributed by atoms with Crippen LogP contribution >= 0.6 is 0 Å². The van der Waals surface area contributed by atoms with Gasteiger partial charge in [0.25, 0.3) is 5.91 Å². The lowest BCUT2D eigenvalue weighted by Gasteiger charge is -2.13. The lowest BCUT2D eigenvalue weighted by molar-refractivity contribution is 0.102. The van der Waals surface area contributed by atoms with E-state index in [4.69, 9.17) is 0 Å². The Labute approximate surface area is 157 Å². The molecule has 138 valence electrons. The number of carbonyl (C=O) groups is 1. The van der Waals surface area contributed by atoms with E-state index in [1.807, 2.05) is 32.0 Å². The highest BCUT2D eigenvalue weighted by molar-refractivity contribution is 6.04. The number of hydrogen-bond acceptors (Lipinski definition) is 4. The van der Waals surface area contributed by atoms with Crippen molar-refractivity contribution in [3.05, 3.63) is 83.1 Å². The number of para-hydroxylation sites is 1. The fourth-order valence-corrected chi connectivity index (χ4v) is 2.75. The van der Waals surface area contributed by atoms with Crippen LogP contribution in [-0.4, -0.2) is 15.9 Å². The van der Waals surface area contributed by atoms with Crippen molar-refractivity contribution in [3.8, 4) is 0 Å². The van der Waals surface area contributed by atoms with Crippen LogP contribution in [0.15, 0.2) is 54.9 Å². The molecule has 0 bridgehead atoms. The lowest BCUT2D eigenvalue weighted by Crippen LogP contribution is -2.16. The van der Waals surface area contributed by atoms with E-state index in [9.17, 15) is 9.18 Å². The van der Waals surface area contributed by atoms with Gasteiger partial charge in [-0.2, -0.15) is 0 Å². The average molecular weight is 364 g/mol. The van der Waals surface area contributed by atoms with Gasteiger partial charge in [-0.05, 0) is 42.2 Å². The maximum absolute atomic E-state index is 13.0. The van der Waals surface area contributed by atoms with E-state index in [0.717, 1.165) is 28.8 Å². The topological polar surface area (TPSA) is 66.9 Å². The lowest BCUT2D eigenvalue weighted by atomic mass is 10.1. The molecule has 2 N–H and O–H groups in total. The van der Waals surface area contributed by atoms with Gasteiger partial charge in [0.1, 0.15) is 23.7 Å². The molecular weight excluding hydrogens is 343 g/mol. The maximum Gasteiger partial charge on any atom is 0.274 e. The number of aromatic nitrogens is 2. The van der Waals surface area contributed by atoms with Crippen LogP contribution in [0.1, 0.15) is 34.1 Å². The minimum absolute atomic E-state index is 0.275. The number of nitrogens with one attached hydrogen (secondary N) is 2. The van der Waals surface area contributed by atoms with Crippen molar-refractivity contribution in [2.75, 3.05) is 10.6 Å². The Bertz CT molecular complexity index is 941. The van der Waals surface area contributed by atoms with Gasteiger partial charge in [-0.3, -0.25) is 4.79 Å². The molecule has 0 spiro atoms. The van der Waals surface area contributed by atoms with Crippen LogP contribution in [0, 0.1) is 12.7 Å². The zero-order valence-electron chi connectivity index (χ0n) is 15.3. The van der Waals surface area contributed by atoms with Crippen LogP contribution < -0.4 is 10.6 Å². The second-order valence-electron chi connectivity index (χ2n) is 6.19. The molecule has 0 aliphatic rings. The minimum atomic E-state index is -0.286. The quantitative estimate of drug-likeness (QED) is 0.682. The summed E-state index contributed by atoms with van der Waals surface area (Å²) in [4.78, 5) is 20.8. The van der Waals surface area contributed by atoms with Crippen LogP contribution in [-0.2, 0) is 13.0 Å². The Morgan fingerprint density at radius 3 is 2.63 bits per heavy atom. The van der Waals surface area contributed by atoms with Crippen molar-refractivity contribution in [3.63, 3.8) is 0 Å². The Morgan fingerprint density at radius 2 is 1.89 bits per heavy atom. The first-order valence-corrected chi connectivity index (χ1v) is 8.77. The van der Waals surface area contributed by atoms with Gasteiger partial charge >= 0.3 is 0 Å². The van der Waals surface area contributed by atoms with Crippen molar-refractivity contribution in [1.82, 2.24) is 9.97 Å². The Balaban J connectivity index is 1.71. The summed E-state index contributed by atoms with van der Waals surface area (Å²) >= 11 is 0. The van der Waals surface area contributed by atoms with Gasteiger partial charge in [0, 0.05) is 18.3 Å². The number of rotatable bonds is 6. The molecule has 0 aliphatic carbocycles. The van der Waals surface area contributed by atoms with Crippen molar-refractivity contribution in [1.29, 1.82) is 0 Å². The van der Waals surface area contributed by atoms with Gasteiger partial charge < -0.3 is 10.6 Å². The monoisotopic (exact) mass is 364 g/mol. The van der Waals surface area contributed by atoms with Gasteiger partial charge in [-0.1, -0.05) is 37.3 Å². The smallest absolute Gasteiger partial charge is 0.274 e. The molecule has 6 heteroatoms. The van der Waals surface area contributed by atoms with E-state index in [1.54, 1.807) is 18.2 Å². The Morgan fingerprint density at radius 1 is 1.11 bits per heavy atom. The first-order chi connectivity index (χ1) is 13.1. The molecular formula is C21H21FN4O. The number of amides is 1. The predicted octanol–water partition coefficient (Wildman–Crippen LogP) is 4.35. The number of halogens is 1. The third-order valence-electron chi connectivity index (χ3n) is 4.27. The van der Waals surface area contributed by atoms with Crippen LogP contribution in [0.2, 0.25) is 0 Å². The molecule has 0 aliphatic heterocycles. The molecule has 5 nitrogen and oxygen atoms in total. The van der Waals surface area contributed by atoms with E-state index < -0.39 is 0 Å². The molecule has 0 fully saturated rings. The first kappa shape index (κ1) is 18.5. The molecule has 0 saturated heterocycles. The molecule has 1 amide bonds. The fourth-order valence-electron chi connectivity index (χ4n) is 2.75. The number of aryl methyl sites for hydroxylation is 2. The van der Waals surface area contributed by atoms with E-state index >= 15 is 0 Å². The first-order valence-electron chi connectivity index (χ1n) is 8.77. The summed E-state index contributed by atoms with van der Waals surface area (Å²) in [6.45, 7) is 4.48. The number of nitrogens with zero attached hydrogens (tertiary/aromatic N) is 2. The fraction of sp³-hybridized carbons (Fsp3) is 0.190. The number of benzene rings is 2. The second-order valence-corrected chi connectivity index (χ2v) is 6.19. The van der Waals surface area contributed by atoms with Crippen LogP contribution in [0.4, 0.5) is 15.9 Å². The normalized spacial score (nSPS) is 10.5. The summed E-state index contributed by atoms with van der Waals surface area (Å²) in [5.41, 5.74) is 4.09. The van der Waals surface area contributed by atoms with Crippen molar-refractivity contribution >= 4 is 17.4 Å². The van der Waals surface area contributed by atoms with Crippen molar-refractivity contribution < 1.29 is 9.18 Å². The summed E-state index contributed by atoms with van der Waals surface area (Å²) in [5.74, 6) is -0.0337. The molecule has 27 heavy (non-hydrogen) atoms. The second kappa shape index (κ2) is 8.40. The molecule has 2 aromatic carbocycles. The third kappa shape index (κ3) is 4.67. The zero-order valence-corrected chi connectivity index (χ0v) is 15.3. The summed E-state index contributed by atoms with van der Waals surface area (Å²) in [6, 6.07) is 13.7. The summed E-state index contributed by atoms with van der Waals surface area (Å²) in [6.07, 6.45) is 2.17. The van der Waals surface area contributed by atoms with Crippen LogP contribution in [0.3, 0.4) is 0 Å². The molecule has 0 atom stereocenters. The molecule has 0 radical (unpaired) electrons. The zero-order chi connectivity index (χ0) is 19.2. The van der Waals surface area contributed by atoms with Crippen molar-refractivity contribution in [2.24, 2.45) is 0 Å². The van der Waals surface area contributed by atoms with Gasteiger partial charge in [-0.15, -0.1) is 0 Å². The number of hydrogen-bond donors (Lipinski definition) is 2. The highest BCUT2D eigenvalue weighted by Gasteiger charge is 2.12. The number of carbonyl (C=O) groups excluding carboxylic acids is 1. The largest absolute Gasteiger partial charge is 0.366 e. The molecule has 0 unspecified atom stereocenters. The summed E-state index contributed by atoms with van der Waals surface area (Å²) in [5, 5.41) is 6.07. The Kier molecular flexibility index (Phi) is 5.76. The molecule has 0 saturated carbocycles. The highest BCUT2D eigenvalue weighted by atomic mass is 19.1. The van der Waals surface area contributed by atoms with Crippen LogP contribution in [0.5, 0.6) is 0 Å². The van der Waals surface area contributed by atoms with Gasteiger partial charge in [0.05, 0.1) is 0 Å². The summed E-state index contributed by atoms with van der Waals surface area (Å²) < 4.78 is 13.0. The van der Waals surface area contributed by atoms with E-state index in [2.05, 4.69) is 20.6 Å². The van der Waals surface area contributed by atoms with E-state index in [0.29, 0.717) is 12.4 Å². The van der Waals surface area contributed by atoms with E-state index in [1.165, 1.54) is 18.5 Å². The maximum atomic E-state index is 13.0. The van der Waals surface area contributed by atoms with Gasteiger partial charge in [0.2, 0.25) is 0 Å². The SMILES string of the molecule is CCc1cccc(C)c1NC(=O)c1cc(NCc2ccc(F)cc2)ncn1. The molecule has 3 aromatic rings. The third-order valence-corrected chi connectivity index (χ3v) is 4.27. The molecule has 1 heterocycles. The van der Waals surface area contributed by atoms with Gasteiger partial charge in [-0.25, -0.2) is 14.4 Å². The average Bonchev–Trinajstić information content (AvgIpc) is 2.69. The number of anilines is 2. The van der Waals surface area contributed by atoms with E-state index in [-0.39, 0.29) is 17.4 Å². The highest BCUT2D eigenvalue weighted by Crippen LogP contribution is 2.22. The standard InChI is InChI=1S/C21H21FN4O/c1-3-16-6-4-5-14(2)20(16)26-21(27)18-11-19(25-13-24-18)23-12-15-7-9-17(22)10-8-15/h4-11,13H,3,12H2,1-2H3,(H,26,27)(H,23,24,25).